The monoisotopic (exact) mass is 213 g/mol. The number of rotatable bonds is 4. The van der Waals surface area contributed by atoms with Gasteiger partial charge in [0, 0.05) is 12.8 Å². The number of carbonyl (C=O) groups is 2. The molecule has 1 saturated heterocycles. The lowest BCUT2D eigenvalue weighted by Crippen LogP contribution is -2.38. The van der Waals surface area contributed by atoms with Crippen LogP contribution in [0.3, 0.4) is 0 Å². The van der Waals surface area contributed by atoms with Crippen LogP contribution < -0.4 is 5.32 Å². The van der Waals surface area contributed by atoms with Crippen molar-refractivity contribution in [3.05, 3.63) is 0 Å². The molecule has 0 aromatic carbocycles. The number of nitrogens with one attached hydrogen (secondary N) is 1. The molecule has 0 aromatic rings. The van der Waals surface area contributed by atoms with Crippen LogP contribution in [-0.4, -0.2) is 30.9 Å². The topological polar surface area (TPSA) is 55.4 Å². The average molecular weight is 213 g/mol. The summed E-state index contributed by atoms with van der Waals surface area (Å²) >= 11 is 0. The zero-order chi connectivity index (χ0) is 11.1. The average Bonchev–Trinajstić information content (AvgIpc) is 2.43. The first-order valence-corrected chi connectivity index (χ1v) is 5.65. The Morgan fingerprint density at radius 1 is 1.60 bits per heavy atom. The highest BCUT2D eigenvalue weighted by Gasteiger charge is 2.24. The molecule has 4 nitrogen and oxygen atoms in total. The quantitative estimate of drug-likeness (QED) is 0.560. The molecule has 0 radical (unpaired) electrons. The van der Waals surface area contributed by atoms with Crippen molar-refractivity contribution in [2.75, 3.05) is 13.2 Å². The van der Waals surface area contributed by atoms with Crippen LogP contribution >= 0.6 is 0 Å². The molecule has 0 aliphatic carbocycles. The number of esters is 1. The fourth-order valence-corrected chi connectivity index (χ4v) is 1.55. The molecule has 0 saturated carbocycles. The second-order valence-electron chi connectivity index (χ2n) is 3.87. The van der Waals surface area contributed by atoms with Gasteiger partial charge in [0.25, 0.3) is 0 Å². The number of Topliss-reactive ketones (excluding diaryl/α,β-unsaturated/α-hetero) is 1. The van der Waals surface area contributed by atoms with E-state index >= 15 is 0 Å². The van der Waals surface area contributed by atoms with E-state index in [1.807, 2.05) is 6.92 Å². The largest absolute Gasteiger partial charge is 0.465 e. The standard InChI is InChI=1S/C11H19NO3/c1-2-3-7-15-11(14)10-8-9(13)5-4-6-12-10/h10,12H,2-8H2,1H3. The van der Waals surface area contributed by atoms with E-state index in [0.717, 1.165) is 25.8 Å². The Morgan fingerprint density at radius 2 is 2.40 bits per heavy atom. The molecule has 0 spiro atoms. The van der Waals surface area contributed by atoms with Crippen LogP contribution in [0.5, 0.6) is 0 Å². The third-order valence-corrected chi connectivity index (χ3v) is 2.48. The smallest absolute Gasteiger partial charge is 0.323 e. The van der Waals surface area contributed by atoms with Gasteiger partial charge in [0.05, 0.1) is 6.61 Å². The number of unbranched alkanes of at least 4 members (excludes halogenated alkanes) is 1. The maximum Gasteiger partial charge on any atom is 0.323 e. The van der Waals surface area contributed by atoms with E-state index in [1.54, 1.807) is 0 Å². The van der Waals surface area contributed by atoms with E-state index in [0.29, 0.717) is 13.0 Å². The summed E-state index contributed by atoms with van der Waals surface area (Å²) in [6.45, 7) is 3.22. The second-order valence-corrected chi connectivity index (χ2v) is 3.87. The molecule has 0 aromatic heterocycles. The highest BCUT2D eigenvalue weighted by Crippen LogP contribution is 2.06. The van der Waals surface area contributed by atoms with Crippen LogP contribution in [0.15, 0.2) is 0 Å². The molecule has 1 aliphatic heterocycles. The Kier molecular flexibility index (Phi) is 5.32. The van der Waals surface area contributed by atoms with Crippen molar-refractivity contribution in [1.29, 1.82) is 0 Å². The van der Waals surface area contributed by atoms with Crippen LogP contribution in [-0.2, 0) is 14.3 Å². The van der Waals surface area contributed by atoms with Gasteiger partial charge in [-0.1, -0.05) is 13.3 Å². The minimum atomic E-state index is -0.420. The Labute approximate surface area is 90.4 Å². The molecule has 15 heavy (non-hydrogen) atoms. The minimum absolute atomic E-state index is 0.150. The van der Waals surface area contributed by atoms with Crippen molar-refractivity contribution in [3.63, 3.8) is 0 Å². The number of ketones is 1. The van der Waals surface area contributed by atoms with Crippen molar-refractivity contribution in [2.45, 2.75) is 45.1 Å². The van der Waals surface area contributed by atoms with E-state index in [9.17, 15) is 9.59 Å². The molecule has 1 unspecified atom stereocenters. The van der Waals surface area contributed by atoms with Gasteiger partial charge in [-0.25, -0.2) is 0 Å². The van der Waals surface area contributed by atoms with Crippen molar-refractivity contribution in [3.8, 4) is 0 Å². The van der Waals surface area contributed by atoms with Gasteiger partial charge < -0.3 is 10.1 Å². The minimum Gasteiger partial charge on any atom is -0.465 e. The third kappa shape index (κ3) is 4.42. The van der Waals surface area contributed by atoms with Crippen molar-refractivity contribution >= 4 is 11.8 Å². The third-order valence-electron chi connectivity index (χ3n) is 2.48. The zero-order valence-electron chi connectivity index (χ0n) is 9.25. The molecule has 1 heterocycles. The van der Waals surface area contributed by atoms with E-state index in [-0.39, 0.29) is 18.2 Å². The van der Waals surface area contributed by atoms with E-state index in [4.69, 9.17) is 4.74 Å². The number of hydrogen-bond donors (Lipinski definition) is 1. The summed E-state index contributed by atoms with van der Waals surface area (Å²) < 4.78 is 5.07. The van der Waals surface area contributed by atoms with Gasteiger partial charge in [-0.05, 0) is 19.4 Å². The van der Waals surface area contributed by atoms with Gasteiger partial charge in [-0.2, -0.15) is 0 Å². The van der Waals surface area contributed by atoms with Crippen LogP contribution in [0, 0.1) is 0 Å². The summed E-state index contributed by atoms with van der Waals surface area (Å²) in [6, 6.07) is -0.420. The highest BCUT2D eigenvalue weighted by atomic mass is 16.5. The summed E-state index contributed by atoms with van der Waals surface area (Å²) in [5.74, 6) is -0.129. The number of ether oxygens (including phenoxy) is 1. The van der Waals surface area contributed by atoms with E-state index in [1.165, 1.54) is 0 Å². The Hall–Kier alpha value is -0.900. The Bertz CT molecular complexity index is 228. The van der Waals surface area contributed by atoms with Gasteiger partial charge in [0.2, 0.25) is 0 Å². The van der Waals surface area contributed by atoms with Crippen LogP contribution in [0.1, 0.15) is 39.0 Å². The summed E-state index contributed by atoms with van der Waals surface area (Å²) in [5, 5.41) is 3.04. The van der Waals surface area contributed by atoms with Crippen LogP contribution in [0.2, 0.25) is 0 Å². The lowest BCUT2D eigenvalue weighted by molar-refractivity contribution is -0.147. The molecule has 1 rings (SSSR count). The number of carbonyl (C=O) groups excluding carboxylic acids is 2. The van der Waals surface area contributed by atoms with E-state index in [2.05, 4.69) is 5.32 Å². The summed E-state index contributed by atoms with van der Waals surface area (Å²) in [4.78, 5) is 22.8. The molecule has 1 aliphatic rings. The lowest BCUT2D eigenvalue weighted by atomic mass is 10.1. The molecular weight excluding hydrogens is 194 g/mol. The lowest BCUT2D eigenvalue weighted by Gasteiger charge is -2.13. The van der Waals surface area contributed by atoms with Gasteiger partial charge in [-0.3, -0.25) is 9.59 Å². The molecule has 86 valence electrons. The van der Waals surface area contributed by atoms with Gasteiger partial charge >= 0.3 is 5.97 Å². The first kappa shape index (κ1) is 12.2. The summed E-state index contributed by atoms with van der Waals surface area (Å²) in [7, 11) is 0. The Balaban J connectivity index is 2.33. The van der Waals surface area contributed by atoms with E-state index < -0.39 is 6.04 Å². The van der Waals surface area contributed by atoms with Crippen LogP contribution in [0.25, 0.3) is 0 Å². The molecule has 1 N–H and O–H groups in total. The maximum atomic E-state index is 11.5. The summed E-state index contributed by atoms with van der Waals surface area (Å²) in [5.41, 5.74) is 0. The SMILES string of the molecule is CCCCOC(=O)C1CC(=O)CCCN1. The van der Waals surface area contributed by atoms with Crippen LogP contribution in [0.4, 0.5) is 0 Å². The zero-order valence-corrected chi connectivity index (χ0v) is 9.25. The Morgan fingerprint density at radius 3 is 3.13 bits per heavy atom. The molecular formula is C11H19NO3. The second kappa shape index (κ2) is 6.56. The predicted molar refractivity (Wildman–Crippen MR) is 56.5 cm³/mol. The van der Waals surface area contributed by atoms with Crippen molar-refractivity contribution in [2.24, 2.45) is 0 Å². The molecule has 0 amide bonds. The maximum absolute atomic E-state index is 11.5. The first-order chi connectivity index (χ1) is 7.24. The molecule has 1 fully saturated rings. The van der Waals surface area contributed by atoms with Gasteiger partial charge in [0.15, 0.2) is 0 Å². The number of hydrogen-bond acceptors (Lipinski definition) is 4. The van der Waals surface area contributed by atoms with Crippen molar-refractivity contribution < 1.29 is 14.3 Å². The van der Waals surface area contributed by atoms with Gasteiger partial charge in [-0.15, -0.1) is 0 Å². The van der Waals surface area contributed by atoms with Gasteiger partial charge in [0.1, 0.15) is 11.8 Å². The molecule has 1 atom stereocenters. The molecule has 0 bridgehead atoms. The summed E-state index contributed by atoms with van der Waals surface area (Å²) in [6.07, 6.45) is 3.56. The fraction of sp³-hybridized carbons (Fsp3) is 0.818. The first-order valence-electron chi connectivity index (χ1n) is 5.65. The predicted octanol–water partition coefficient (Wildman–Crippen LogP) is 1.04. The highest BCUT2D eigenvalue weighted by molar-refractivity contribution is 5.86. The normalized spacial score (nSPS) is 22.2. The fourth-order valence-electron chi connectivity index (χ4n) is 1.55. The van der Waals surface area contributed by atoms with Crippen molar-refractivity contribution in [1.82, 2.24) is 5.32 Å². The molecule has 4 heteroatoms.